The van der Waals surface area contributed by atoms with Crippen LogP contribution >= 0.6 is 15.9 Å². The molecular weight excluding hydrogens is 316 g/mol. The molecule has 1 aromatic rings. The summed E-state index contributed by atoms with van der Waals surface area (Å²) in [5.74, 6) is 1.03. The Kier molecular flexibility index (Phi) is 4.64. The van der Waals surface area contributed by atoms with Crippen LogP contribution in [0.2, 0.25) is 0 Å². The van der Waals surface area contributed by atoms with Gasteiger partial charge in [0.15, 0.2) is 0 Å². The first kappa shape index (κ1) is 14.4. The number of fused-ring (bicyclic) bond motifs is 1. The van der Waals surface area contributed by atoms with E-state index in [2.05, 4.69) is 45.2 Å². The summed E-state index contributed by atoms with van der Waals surface area (Å²) in [5, 5.41) is 3.71. The third kappa shape index (κ3) is 3.35. The predicted octanol–water partition coefficient (Wildman–Crippen LogP) is 3.35. The van der Waals surface area contributed by atoms with Crippen LogP contribution in [0.25, 0.3) is 0 Å². The monoisotopic (exact) mass is 338 g/mol. The number of likely N-dealkylation sites (N-methyl/N-ethyl adjacent to an activating group) is 1. The van der Waals surface area contributed by atoms with Gasteiger partial charge in [0.1, 0.15) is 5.75 Å². The van der Waals surface area contributed by atoms with E-state index in [-0.39, 0.29) is 0 Å². The normalized spacial score (nSPS) is 21.6. The van der Waals surface area contributed by atoms with Crippen molar-refractivity contribution in [2.45, 2.75) is 38.3 Å². The largest absolute Gasteiger partial charge is 0.493 e. The molecule has 0 radical (unpaired) electrons. The maximum Gasteiger partial charge on any atom is 0.124 e. The number of hydrogen-bond acceptors (Lipinski definition) is 3. The Hall–Kier alpha value is -0.580. The van der Waals surface area contributed by atoms with E-state index in [0.717, 1.165) is 42.4 Å². The van der Waals surface area contributed by atoms with Gasteiger partial charge in [-0.25, -0.2) is 0 Å². The summed E-state index contributed by atoms with van der Waals surface area (Å²) in [4.78, 5) is 2.59. The summed E-state index contributed by atoms with van der Waals surface area (Å²) < 4.78 is 6.86. The first-order valence-corrected chi connectivity index (χ1v) is 8.47. The van der Waals surface area contributed by atoms with E-state index < -0.39 is 0 Å². The highest BCUT2D eigenvalue weighted by Crippen LogP contribution is 2.34. The molecule has 1 unspecified atom stereocenters. The number of benzene rings is 1. The van der Waals surface area contributed by atoms with Crippen LogP contribution in [0.1, 0.15) is 37.8 Å². The van der Waals surface area contributed by atoms with Crippen LogP contribution in [0.5, 0.6) is 5.75 Å². The molecule has 1 saturated carbocycles. The van der Waals surface area contributed by atoms with E-state index in [0.29, 0.717) is 6.04 Å². The number of ether oxygens (including phenoxy) is 1. The highest BCUT2D eigenvalue weighted by atomic mass is 79.9. The Morgan fingerprint density at radius 2 is 2.20 bits per heavy atom. The minimum Gasteiger partial charge on any atom is -0.493 e. The van der Waals surface area contributed by atoms with Gasteiger partial charge in [0.05, 0.1) is 6.61 Å². The Labute approximate surface area is 129 Å². The average Bonchev–Trinajstić information content (AvgIpc) is 3.28. The van der Waals surface area contributed by atoms with Gasteiger partial charge >= 0.3 is 0 Å². The van der Waals surface area contributed by atoms with E-state index >= 15 is 0 Å². The summed E-state index contributed by atoms with van der Waals surface area (Å²) in [7, 11) is 0. The Morgan fingerprint density at radius 3 is 2.95 bits per heavy atom. The van der Waals surface area contributed by atoms with Gasteiger partial charge in [0, 0.05) is 41.6 Å². The first-order chi connectivity index (χ1) is 9.78. The van der Waals surface area contributed by atoms with Crippen LogP contribution in [0.3, 0.4) is 0 Å². The molecule has 2 aliphatic rings. The van der Waals surface area contributed by atoms with Crippen LogP contribution in [-0.4, -0.2) is 37.2 Å². The molecule has 3 nitrogen and oxygen atoms in total. The molecule has 4 heteroatoms. The highest BCUT2D eigenvalue weighted by Gasteiger charge is 2.27. The third-order valence-electron chi connectivity index (χ3n) is 4.27. The molecule has 0 saturated heterocycles. The summed E-state index contributed by atoms with van der Waals surface area (Å²) >= 11 is 3.56. The summed E-state index contributed by atoms with van der Waals surface area (Å²) in [6.45, 7) is 6.46. The maximum absolute atomic E-state index is 5.73. The topological polar surface area (TPSA) is 24.5 Å². The molecule has 0 bridgehead atoms. The molecule has 1 aliphatic carbocycles. The standard InChI is InChI=1S/C16H23BrN2O/c1-2-19(13-4-5-13)9-8-18-15-7-10-20-16-6-3-12(17)11-14(15)16/h3,6,11,13,15,18H,2,4-5,7-10H2,1H3. The van der Waals surface area contributed by atoms with Gasteiger partial charge in [-0.15, -0.1) is 0 Å². The van der Waals surface area contributed by atoms with Crippen molar-refractivity contribution in [3.8, 4) is 5.75 Å². The van der Waals surface area contributed by atoms with Crippen LogP contribution in [0, 0.1) is 0 Å². The van der Waals surface area contributed by atoms with Crippen molar-refractivity contribution in [3.63, 3.8) is 0 Å². The molecule has 0 aromatic heterocycles. The van der Waals surface area contributed by atoms with Gasteiger partial charge in [-0.1, -0.05) is 22.9 Å². The van der Waals surface area contributed by atoms with Gasteiger partial charge in [-0.05, 0) is 37.6 Å². The molecule has 3 rings (SSSR count). The Bertz CT molecular complexity index is 462. The zero-order valence-electron chi connectivity index (χ0n) is 12.1. The minimum absolute atomic E-state index is 0.425. The number of nitrogens with zero attached hydrogens (tertiary/aromatic N) is 1. The van der Waals surface area contributed by atoms with Crippen LogP contribution in [0.4, 0.5) is 0 Å². The fraction of sp³-hybridized carbons (Fsp3) is 0.625. The number of hydrogen-bond donors (Lipinski definition) is 1. The Morgan fingerprint density at radius 1 is 1.35 bits per heavy atom. The van der Waals surface area contributed by atoms with E-state index in [1.807, 2.05) is 6.07 Å². The van der Waals surface area contributed by atoms with Crippen molar-refractivity contribution in [3.05, 3.63) is 28.2 Å². The molecule has 1 atom stereocenters. The fourth-order valence-electron chi connectivity index (χ4n) is 3.00. The van der Waals surface area contributed by atoms with Crippen LogP contribution in [0.15, 0.2) is 22.7 Å². The Balaban J connectivity index is 1.57. The smallest absolute Gasteiger partial charge is 0.124 e. The van der Waals surface area contributed by atoms with Crippen molar-refractivity contribution in [2.24, 2.45) is 0 Å². The molecule has 1 heterocycles. The number of halogens is 1. The van der Waals surface area contributed by atoms with Crippen molar-refractivity contribution >= 4 is 15.9 Å². The first-order valence-electron chi connectivity index (χ1n) is 7.67. The van der Waals surface area contributed by atoms with Gasteiger partial charge in [0.2, 0.25) is 0 Å². The number of nitrogens with one attached hydrogen (secondary N) is 1. The second-order valence-electron chi connectivity index (χ2n) is 5.69. The molecule has 1 aliphatic heterocycles. The fourth-order valence-corrected chi connectivity index (χ4v) is 3.38. The quantitative estimate of drug-likeness (QED) is 0.860. The van der Waals surface area contributed by atoms with Crippen molar-refractivity contribution in [1.82, 2.24) is 10.2 Å². The van der Waals surface area contributed by atoms with E-state index in [4.69, 9.17) is 4.74 Å². The molecule has 1 N–H and O–H groups in total. The molecule has 20 heavy (non-hydrogen) atoms. The van der Waals surface area contributed by atoms with Crippen LogP contribution < -0.4 is 10.1 Å². The van der Waals surface area contributed by atoms with Crippen LogP contribution in [-0.2, 0) is 0 Å². The van der Waals surface area contributed by atoms with E-state index in [9.17, 15) is 0 Å². The molecular formula is C16H23BrN2O. The molecule has 1 fully saturated rings. The zero-order chi connectivity index (χ0) is 13.9. The number of rotatable bonds is 6. The second-order valence-corrected chi connectivity index (χ2v) is 6.60. The molecule has 110 valence electrons. The molecule has 0 spiro atoms. The van der Waals surface area contributed by atoms with Gasteiger partial charge in [0.25, 0.3) is 0 Å². The average molecular weight is 339 g/mol. The van der Waals surface area contributed by atoms with Crippen molar-refractivity contribution in [1.29, 1.82) is 0 Å². The zero-order valence-corrected chi connectivity index (χ0v) is 13.7. The third-order valence-corrected chi connectivity index (χ3v) is 4.76. The van der Waals surface area contributed by atoms with Crippen molar-refractivity contribution in [2.75, 3.05) is 26.2 Å². The minimum atomic E-state index is 0.425. The summed E-state index contributed by atoms with van der Waals surface area (Å²) in [6.07, 6.45) is 3.83. The maximum atomic E-state index is 5.73. The lowest BCUT2D eigenvalue weighted by atomic mass is 10.0. The van der Waals surface area contributed by atoms with Gasteiger partial charge < -0.3 is 10.1 Å². The molecule has 0 amide bonds. The SMILES string of the molecule is CCN(CCNC1CCOc2ccc(Br)cc21)C1CC1. The van der Waals surface area contributed by atoms with Gasteiger partial charge in [-0.3, -0.25) is 4.90 Å². The van der Waals surface area contributed by atoms with Gasteiger partial charge in [-0.2, -0.15) is 0 Å². The summed E-state index contributed by atoms with van der Waals surface area (Å²) in [6, 6.07) is 7.58. The predicted molar refractivity (Wildman–Crippen MR) is 85.3 cm³/mol. The van der Waals surface area contributed by atoms with E-state index in [1.54, 1.807) is 0 Å². The van der Waals surface area contributed by atoms with Crippen molar-refractivity contribution < 1.29 is 4.74 Å². The lowest BCUT2D eigenvalue weighted by molar-refractivity contribution is 0.237. The summed E-state index contributed by atoms with van der Waals surface area (Å²) in [5.41, 5.74) is 1.29. The lowest BCUT2D eigenvalue weighted by Crippen LogP contribution is -2.36. The second kappa shape index (κ2) is 6.46. The lowest BCUT2D eigenvalue weighted by Gasteiger charge is -2.28. The van der Waals surface area contributed by atoms with E-state index in [1.165, 1.54) is 24.9 Å². The molecule has 1 aromatic carbocycles. The highest BCUT2D eigenvalue weighted by molar-refractivity contribution is 9.10.